The summed E-state index contributed by atoms with van der Waals surface area (Å²) < 4.78 is 7.22. The minimum atomic E-state index is 0.666. The number of fused-ring (bicyclic) bond motifs is 10. The largest absolute Gasteiger partial charge is 0.309 e. The van der Waals surface area contributed by atoms with E-state index in [9.17, 15) is 0 Å². The molecule has 0 aliphatic rings. The Labute approximate surface area is 284 Å². The van der Waals surface area contributed by atoms with Crippen LogP contribution in [0.1, 0.15) is 0 Å². The van der Waals surface area contributed by atoms with Crippen LogP contribution < -0.4 is 0 Å². The Hall–Kier alpha value is -6.30. The molecule has 0 atom stereocenters. The lowest BCUT2D eigenvalue weighted by molar-refractivity contribution is 1.01. The van der Waals surface area contributed by atoms with Crippen molar-refractivity contribution in [2.24, 2.45) is 0 Å². The van der Waals surface area contributed by atoms with Crippen molar-refractivity contribution in [2.45, 2.75) is 0 Å². The molecule has 0 bridgehead atoms. The molecule has 0 saturated carbocycles. The molecule has 228 valence electrons. The van der Waals surface area contributed by atoms with Gasteiger partial charge < -0.3 is 4.57 Å². The standard InChI is InChI=1S/C44H26N4S/c1-3-13-27(14-4-1)43-31-19-7-10-20-36(31)45-44(46-43)48-39-25-38-32(29-17-8-11-21-37(29)47(38)28-15-5-2-6-16-28)23-33(39)34-24-35-30-18-9-12-22-41(30)49-42(35)26-40(34)48/h1-26H. The second-order valence-electron chi connectivity index (χ2n) is 12.6. The van der Waals surface area contributed by atoms with Crippen LogP contribution in [-0.4, -0.2) is 19.1 Å². The summed E-state index contributed by atoms with van der Waals surface area (Å²) in [7, 11) is 0. The van der Waals surface area contributed by atoms with Gasteiger partial charge in [-0.2, -0.15) is 0 Å². The molecule has 0 amide bonds. The Bertz CT molecular complexity index is 3100. The Morgan fingerprint density at radius 2 is 1.00 bits per heavy atom. The van der Waals surface area contributed by atoms with Crippen molar-refractivity contribution in [3.8, 4) is 22.9 Å². The summed E-state index contributed by atoms with van der Waals surface area (Å²) >= 11 is 1.84. The minimum Gasteiger partial charge on any atom is -0.309 e. The molecule has 0 spiro atoms. The van der Waals surface area contributed by atoms with Crippen LogP contribution in [0, 0.1) is 0 Å². The molecule has 0 radical (unpaired) electrons. The average Bonchev–Trinajstić information content (AvgIpc) is 3.80. The molecule has 11 rings (SSSR count). The summed E-state index contributed by atoms with van der Waals surface area (Å²) in [6, 6.07) is 56.4. The van der Waals surface area contributed by atoms with Crippen LogP contribution in [0.3, 0.4) is 0 Å². The van der Waals surface area contributed by atoms with Crippen LogP contribution in [0.5, 0.6) is 0 Å². The van der Waals surface area contributed by atoms with Gasteiger partial charge in [0.05, 0.1) is 33.3 Å². The molecule has 5 heteroatoms. The fraction of sp³-hybridized carbons (Fsp3) is 0. The van der Waals surface area contributed by atoms with Crippen molar-refractivity contribution >= 4 is 86.0 Å². The highest BCUT2D eigenvalue weighted by Gasteiger charge is 2.22. The lowest BCUT2D eigenvalue weighted by Gasteiger charge is -2.12. The number of para-hydroxylation sites is 3. The number of rotatable bonds is 3. The van der Waals surface area contributed by atoms with E-state index in [1.165, 1.54) is 47.2 Å². The average molecular weight is 643 g/mol. The number of thiophene rings is 1. The summed E-state index contributed by atoms with van der Waals surface area (Å²) in [5.41, 5.74) is 8.58. The lowest BCUT2D eigenvalue weighted by Crippen LogP contribution is -2.03. The van der Waals surface area contributed by atoms with Gasteiger partial charge in [0.2, 0.25) is 5.95 Å². The quantitative estimate of drug-likeness (QED) is 0.192. The van der Waals surface area contributed by atoms with Crippen molar-refractivity contribution in [3.63, 3.8) is 0 Å². The van der Waals surface area contributed by atoms with Gasteiger partial charge in [-0.3, -0.25) is 4.57 Å². The van der Waals surface area contributed by atoms with Gasteiger partial charge in [0.25, 0.3) is 0 Å². The van der Waals surface area contributed by atoms with E-state index >= 15 is 0 Å². The predicted molar refractivity (Wildman–Crippen MR) is 207 cm³/mol. The molecular weight excluding hydrogens is 617 g/mol. The van der Waals surface area contributed by atoms with E-state index in [-0.39, 0.29) is 0 Å². The van der Waals surface area contributed by atoms with Gasteiger partial charge in [0.15, 0.2) is 0 Å². The smallest absolute Gasteiger partial charge is 0.235 e. The van der Waals surface area contributed by atoms with E-state index in [1.54, 1.807) is 0 Å². The minimum absolute atomic E-state index is 0.666. The van der Waals surface area contributed by atoms with Crippen molar-refractivity contribution in [3.05, 3.63) is 158 Å². The topological polar surface area (TPSA) is 35.6 Å². The molecule has 4 heterocycles. The number of hydrogen-bond acceptors (Lipinski definition) is 3. The highest BCUT2D eigenvalue weighted by molar-refractivity contribution is 7.25. The maximum Gasteiger partial charge on any atom is 0.235 e. The van der Waals surface area contributed by atoms with Gasteiger partial charge in [-0.15, -0.1) is 11.3 Å². The molecule has 7 aromatic carbocycles. The van der Waals surface area contributed by atoms with E-state index in [0.29, 0.717) is 5.95 Å². The van der Waals surface area contributed by atoms with E-state index in [1.807, 2.05) is 17.4 Å². The van der Waals surface area contributed by atoms with E-state index in [0.717, 1.165) is 44.4 Å². The van der Waals surface area contributed by atoms with Crippen molar-refractivity contribution in [1.82, 2.24) is 19.1 Å². The van der Waals surface area contributed by atoms with E-state index < -0.39 is 0 Å². The monoisotopic (exact) mass is 642 g/mol. The number of aromatic nitrogens is 4. The maximum absolute atomic E-state index is 5.39. The van der Waals surface area contributed by atoms with Crippen LogP contribution in [0.25, 0.3) is 97.6 Å². The molecule has 0 N–H and O–H groups in total. The molecule has 11 aromatic rings. The third-order valence-corrected chi connectivity index (χ3v) is 11.0. The number of nitrogens with zero attached hydrogens (tertiary/aromatic N) is 4. The van der Waals surface area contributed by atoms with Gasteiger partial charge in [0, 0.05) is 58.4 Å². The third-order valence-electron chi connectivity index (χ3n) is 9.91. The van der Waals surface area contributed by atoms with Crippen molar-refractivity contribution in [1.29, 1.82) is 0 Å². The highest BCUT2D eigenvalue weighted by Crippen LogP contribution is 2.43. The summed E-state index contributed by atoms with van der Waals surface area (Å²) in [6.45, 7) is 0. The molecule has 0 fully saturated rings. The van der Waals surface area contributed by atoms with Gasteiger partial charge in [-0.25, -0.2) is 9.97 Å². The molecule has 4 aromatic heterocycles. The molecule has 0 unspecified atom stereocenters. The van der Waals surface area contributed by atoms with E-state index in [4.69, 9.17) is 9.97 Å². The second-order valence-corrected chi connectivity index (χ2v) is 13.7. The Kier molecular flexibility index (Phi) is 5.51. The Balaban J connectivity index is 1.33. The predicted octanol–water partition coefficient (Wildman–Crippen LogP) is 11.9. The van der Waals surface area contributed by atoms with Crippen LogP contribution in [0.15, 0.2) is 158 Å². The molecule has 0 aliphatic carbocycles. The Morgan fingerprint density at radius 1 is 0.388 bits per heavy atom. The zero-order valence-electron chi connectivity index (χ0n) is 26.2. The first-order valence-electron chi connectivity index (χ1n) is 16.5. The summed E-state index contributed by atoms with van der Waals surface area (Å²) in [5, 5.41) is 8.46. The summed E-state index contributed by atoms with van der Waals surface area (Å²) in [6.07, 6.45) is 0. The molecule has 4 nitrogen and oxygen atoms in total. The van der Waals surface area contributed by atoms with Gasteiger partial charge in [0.1, 0.15) is 0 Å². The first-order chi connectivity index (χ1) is 24.3. The summed E-state index contributed by atoms with van der Waals surface area (Å²) in [5.74, 6) is 0.666. The maximum atomic E-state index is 5.39. The van der Waals surface area contributed by atoms with E-state index in [2.05, 4.69) is 161 Å². The van der Waals surface area contributed by atoms with Gasteiger partial charge in [-0.05, 0) is 54.6 Å². The zero-order chi connectivity index (χ0) is 32.1. The third kappa shape index (κ3) is 3.85. The fourth-order valence-corrected chi connectivity index (χ4v) is 8.87. The van der Waals surface area contributed by atoms with Crippen molar-refractivity contribution < 1.29 is 0 Å². The molecule has 0 saturated heterocycles. The van der Waals surface area contributed by atoms with Crippen LogP contribution in [0.2, 0.25) is 0 Å². The summed E-state index contributed by atoms with van der Waals surface area (Å²) in [4.78, 5) is 10.7. The Morgan fingerprint density at radius 3 is 1.84 bits per heavy atom. The van der Waals surface area contributed by atoms with Crippen LogP contribution in [0.4, 0.5) is 0 Å². The zero-order valence-corrected chi connectivity index (χ0v) is 27.0. The molecular formula is C44H26N4S. The van der Waals surface area contributed by atoms with Gasteiger partial charge >= 0.3 is 0 Å². The first kappa shape index (κ1) is 26.7. The second kappa shape index (κ2) is 10.1. The molecule has 49 heavy (non-hydrogen) atoms. The van der Waals surface area contributed by atoms with Crippen LogP contribution in [-0.2, 0) is 0 Å². The highest BCUT2D eigenvalue weighted by atomic mass is 32.1. The van der Waals surface area contributed by atoms with Gasteiger partial charge in [-0.1, -0.05) is 103 Å². The number of benzene rings is 7. The normalized spacial score (nSPS) is 12.1. The number of hydrogen-bond donors (Lipinski definition) is 0. The van der Waals surface area contributed by atoms with Crippen molar-refractivity contribution in [2.75, 3.05) is 0 Å². The lowest BCUT2D eigenvalue weighted by atomic mass is 10.1. The SMILES string of the molecule is c1ccc(-c2nc(-n3c4cc5sc6ccccc6c5cc4c4cc5c6ccccc6n(-c6ccccc6)c5cc43)nc3ccccc23)cc1. The fourth-order valence-electron chi connectivity index (χ4n) is 7.75. The molecule has 0 aliphatic heterocycles. The van der Waals surface area contributed by atoms with Crippen LogP contribution >= 0.6 is 11.3 Å². The first-order valence-corrected chi connectivity index (χ1v) is 17.3.